The highest BCUT2D eigenvalue weighted by atomic mass is 16.5. The van der Waals surface area contributed by atoms with E-state index in [1.807, 2.05) is 0 Å². The molecule has 1 N–H and O–H groups in total. The highest BCUT2D eigenvalue weighted by molar-refractivity contribution is 5.67. The van der Waals surface area contributed by atoms with Gasteiger partial charge in [-0.2, -0.15) is 0 Å². The zero-order valence-electron chi connectivity index (χ0n) is 12.3. The van der Waals surface area contributed by atoms with Crippen LogP contribution in [0.5, 0.6) is 0 Å². The molecule has 7 heteroatoms. The number of carboxylic acid groups (broad SMARTS) is 1. The summed E-state index contributed by atoms with van der Waals surface area (Å²) in [6, 6.07) is 0. The molecule has 1 aliphatic rings. The van der Waals surface area contributed by atoms with Gasteiger partial charge in [0.25, 0.3) is 0 Å². The highest BCUT2D eigenvalue weighted by Gasteiger charge is 2.37. The summed E-state index contributed by atoms with van der Waals surface area (Å²) in [6.45, 7) is 1.24. The van der Waals surface area contributed by atoms with Crippen LogP contribution in [-0.4, -0.2) is 41.6 Å². The summed E-state index contributed by atoms with van der Waals surface area (Å²) in [5.41, 5.74) is -0.230. The Labute approximate surface area is 123 Å². The zero-order chi connectivity index (χ0) is 15.1. The van der Waals surface area contributed by atoms with Crippen LogP contribution in [0, 0.1) is 5.41 Å². The van der Waals surface area contributed by atoms with Gasteiger partial charge in [0.15, 0.2) is 0 Å². The third-order valence-electron chi connectivity index (χ3n) is 3.88. The molecule has 1 aliphatic carbocycles. The quantitative estimate of drug-likeness (QED) is 0.695. The number of carboxylic acids is 1. The van der Waals surface area contributed by atoms with Crippen LogP contribution in [0.4, 0.5) is 0 Å². The summed E-state index contributed by atoms with van der Waals surface area (Å²) >= 11 is 0. The minimum Gasteiger partial charge on any atom is -0.481 e. The van der Waals surface area contributed by atoms with E-state index in [1.54, 1.807) is 7.11 Å². The van der Waals surface area contributed by atoms with Crippen LogP contribution in [0.1, 0.15) is 43.9 Å². The largest absolute Gasteiger partial charge is 0.481 e. The van der Waals surface area contributed by atoms with Crippen LogP contribution in [0.25, 0.3) is 0 Å². The molecule has 0 saturated heterocycles. The lowest BCUT2D eigenvalue weighted by molar-refractivity contribution is -0.139. The van der Waals surface area contributed by atoms with E-state index in [9.17, 15) is 4.79 Å². The first-order valence-corrected chi connectivity index (χ1v) is 7.23. The second-order valence-electron chi connectivity index (χ2n) is 5.59. The van der Waals surface area contributed by atoms with Gasteiger partial charge >= 0.3 is 5.97 Å². The van der Waals surface area contributed by atoms with Crippen molar-refractivity contribution in [3.8, 4) is 0 Å². The average molecular weight is 298 g/mol. The topological polar surface area (TPSA) is 94.7 Å². The van der Waals surface area contributed by atoms with Crippen LogP contribution in [0.3, 0.4) is 0 Å². The van der Waals surface area contributed by atoms with Crippen LogP contribution >= 0.6 is 0 Å². The fraction of sp³-hybridized carbons (Fsp3) is 0.786. The third-order valence-corrected chi connectivity index (χ3v) is 3.88. The van der Waals surface area contributed by atoms with E-state index < -0.39 is 5.97 Å². The maximum Gasteiger partial charge on any atom is 0.303 e. The molecule has 0 unspecified atom stereocenters. The molecule has 0 amide bonds. The Morgan fingerprint density at radius 1 is 1.29 bits per heavy atom. The average Bonchev–Trinajstić information content (AvgIpc) is 3.05. The predicted molar refractivity (Wildman–Crippen MR) is 72.7 cm³/mol. The van der Waals surface area contributed by atoms with Gasteiger partial charge in [-0.3, -0.25) is 4.79 Å². The number of hydrogen-bond acceptors (Lipinski definition) is 6. The standard InChI is InChI=1S/C14H22N2O5/c1-19-6-7-20-10-12-16-15-11(21-12)8-14(9-13(17)18)4-2-3-5-14/h2-10H2,1H3,(H,17,18). The monoisotopic (exact) mass is 298 g/mol. The number of carbonyl (C=O) groups is 1. The smallest absolute Gasteiger partial charge is 0.303 e. The molecule has 1 heterocycles. The Kier molecular flexibility index (Phi) is 5.69. The summed E-state index contributed by atoms with van der Waals surface area (Å²) in [6.07, 6.45) is 4.63. The van der Waals surface area contributed by atoms with Crippen molar-refractivity contribution in [2.24, 2.45) is 5.41 Å². The van der Waals surface area contributed by atoms with Gasteiger partial charge in [0, 0.05) is 13.5 Å². The first-order valence-electron chi connectivity index (χ1n) is 7.23. The van der Waals surface area contributed by atoms with Gasteiger partial charge in [-0.25, -0.2) is 0 Å². The molecule has 21 heavy (non-hydrogen) atoms. The van der Waals surface area contributed by atoms with Crippen molar-refractivity contribution in [1.29, 1.82) is 0 Å². The Morgan fingerprint density at radius 3 is 2.67 bits per heavy atom. The summed E-state index contributed by atoms with van der Waals surface area (Å²) in [7, 11) is 1.61. The van der Waals surface area contributed by atoms with Gasteiger partial charge < -0.3 is 19.0 Å². The normalized spacial score (nSPS) is 17.2. The summed E-state index contributed by atoms with van der Waals surface area (Å²) in [5.74, 6) is 0.160. The van der Waals surface area contributed by atoms with Crippen molar-refractivity contribution >= 4 is 5.97 Å². The van der Waals surface area contributed by atoms with Gasteiger partial charge in [-0.05, 0) is 18.3 Å². The molecule has 0 aliphatic heterocycles. The number of methoxy groups -OCH3 is 1. The van der Waals surface area contributed by atoms with E-state index in [-0.39, 0.29) is 18.4 Å². The van der Waals surface area contributed by atoms with Crippen molar-refractivity contribution in [3.63, 3.8) is 0 Å². The molecule has 118 valence electrons. The molecule has 1 fully saturated rings. The molecule has 1 saturated carbocycles. The fourth-order valence-corrected chi connectivity index (χ4v) is 2.90. The predicted octanol–water partition coefficient (Wildman–Crippen LogP) is 1.81. The molecular weight excluding hydrogens is 276 g/mol. The first-order chi connectivity index (χ1) is 10.1. The number of ether oxygens (including phenoxy) is 2. The number of aromatic nitrogens is 2. The Morgan fingerprint density at radius 2 is 2.00 bits per heavy atom. The summed E-state index contributed by atoms with van der Waals surface area (Å²) in [4.78, 5) is 11.1. The molecule has 1 aromatic rings. The van der Waals surface area contributed by atoms with E-state index in [2.05, 4.69) is 10.2 Å². The molecule has 1 aromatic heterocycles. The lowest BCUT2D eigenvalue weighted by Gasteiger charge is -2.24. The Bertz CT molecular complexity index is 454. The first kappa shape index (κ1) is 15.9. The second kappa shape index (κ2) is 7.51. The van der Waals surface area contributed by atoms with E-state index in [4.69, 9.17) is 19.0 Å². The molecule has 7 nitrogen and oxygen atoms in total. The van der Waals surface area contributed by atoms with Gasteiger partial charge in [-0.1, -0.05) is 12.8 Å². The van der Waals surface area contributed by atoms with E-state index in [0.717, 1.165) is 25.7 Å². The molecule has 0 aromatic carbocycles. The molecular formula is C14H22N2O5. The minimum atomic E-state index is -0.764. The number of aliphatic carboxylic acids is 1. The second-order valence-corrected chi connectivity index (χ2v) is 5.59. The fourth-order valence-electron chi connectivity index (χ4n) is 2.90. The number of rotatable bonds is 9. The Hall–Kier alpha value is -1.47. The van der Waals surface area contributed by atoms with E-state index in [0.29, 0.717) is 31.4 Å². The third kappa shape index (κ3) is 4.78. The molecule has 0 bridgehead atoms. The zero-order valence-corrected chi connectivity index (χ0v) is 12.3. The number of nitrogens with zero attached hydrogens (tertiary/aromatic N) is 2. The molecule has 0 spiro atoms. The van der Waals surface area contributed by atoms with Gasteiger partial charge in [-0.15, -0.1) is 10.2 Å². The maximum atomic E-state index is 11.1. The maximum absolute atomic E-state index is 11.1. The van der Waals surface area contributed by atoms with Crippen molar-refractivity contribution in [2.75, 3.05) is 20.3 Å². The highest BCUT2D eigenvalue weighted by Crippen LogP contribution is 2.43. The van der Waals surface area contributed by atoms with Gasteiger partial charge in [0.05, 0.1) is 19.6 Å². The van der Waals surface area contributed by atoms with Crippen molar-refractivity contribution in [1.82, 2.24) is 10.2 Å². The molecule has 2 rings (SSSR count). The van der Waals surface area contributed by atoms with Crippen molar-refractivity contribution in [2.45, 2.75) is 45.1 Å². The van der Waals surface area contributed by atoms with Crippen molar-refractivity contribution in [3.05, 3.63) is 11.8 Å². The van der Waals surface area contributed by atoms with Crippen LogP contribution in [-0.2, 0) is 27.3 Å². The van der Waals surface area contributed by atoms with E-state index >= 15 is 0 Å². The van der Waals surface area contributed by atoms with Crippen LogP contribution in [0.15, 0.2) is 4.42 Å². The van der Waals surface area contributed by atoms with E-state index in [1.165, 1.54) is 0 Å². The summed E-state index contributed by atoms with van der Waals surface area (Å²) in [5, 5.41) is 17.0. The minimum absolute atomic E-state index is 0.162. The molecule has 0 radical (unpaired) electrons. The Balaban J connectivity index is 1.89. The SMILES string of the molecule is COCCOCc1nnc(CC2(CC(=O)O)CCCC2)o1. The van der Waals surface area contributed by atoms with Crippen molar-refractivity contribution < 1.29 is 23.8 Å². The van der Waals surface area contributed by atoms with Gasteiger partial charge in [0.2, 0.25) is 11.8 Å². The summed E-state index contributed by atoms with van der Waals surface area (Å²) < 4.78 is 15.7. The van der Waals surface area contributed by atoms with Gasteiger partial charge in [0.1, 0.15) is 6.61 Å². The lowest BCUT2D eigenvalue weighted by atomic mass is 9.79. The number of hydrogen-bond donors (Lipinski definition) is 1. The van der Waals surface area contributed by atoms with Crippen LogP contribution in [0.2, 0.25) is 0 Å². The lowest BCUT2D eigenvalue weighted by Crippen LogP contribution is -2.24. The molecule has 0 atom stereocenters. The van der Waals surface area contributed by atoms with Crippen LogP contribution < -0.4 is 0 Å².